The summed E-state index contributed by atoms with van der Waals surface area (Å²) < 4.78 is 0. The van der Waals surface area contributed by atoms with Gasteiger partial charge in [-0.3, -0.25) is 4.79 Å². The van der Waals surface area contributed by atoms with Crippen LogP contribution in [-0.2, 0) is 4.79 Å². The second kappa shape index (κ2) is 7.37. The van der Waals surface area contributed by atoms with Gasteiger partial charge in [-0.15, -0.1) is 0 Å². The van der Waals surface area contributed by atoms with Gasteiger partial charge in [0.25, 0.3) is 0 Å². The Kier molecular flexibility index (Phi) is 4.63. The molecule has 2 N–H and O–H groups in total. The Morgan fingerprint density at radius 3 is 2.27 bits per heavy atom. The lowest BCUT2D eigenvalue weighted by molar-refractivity contribution is -0.918. The van der Waals surface area contributed by atoms with E-state index in [4.69, 9.17) is 0 Å². The van der Waals surface area contributed by atoms with Crippen molar-refractivity contribution < 1.29 is 9.69 Å². The van der Waals surface area contributed by atoms with Crippen LogP contribution in [-0.4, -0.2) is 25.5 Å². The van der Waals surface area contributed by atoms with Gasteiger partial charge in [0.1, 0.15) is 6.04 Å². The van der Waals surface area contributed by atoms with Crippen LogP contribution < -0.4 is 10.2 Å². The van der Waals surface area contributed by atoms with E-state index in [0.717, 1.165) is 43.6 Å². The number of likely N-dealkylation sites (tertiary alicyclic amines) is 1. The zero-order valence-electron chi connectivity index (χ0n) is 18.0. The molecule has 4 saturated carbocycles. The maximum absolute atomic E-state index is 13.6. The van der Waals surface area contributed by atoms with Crippen LogP contribution in [0.25, 0.3) is 10.8 Å². The van der Waals surface area contributed by atoms with Crippen LogP contribution >= 0.6 is 0 Å². The molecule has 1 saturated heterocycles. The highest BCUT2D eigenvalue weighted by molar-refractivity contribution is 5.86. The van der Waals surface area contributed by atoms with Crippen LogP contribution in [0.5, 0.6) is 0 Å². The molecule has 3 nitrogen and oxygen atoms in total. The molecule has 4 bridgehead atoms. The highest BCUT2D eigenvalue weighted by Crippen LogP contribution is 2.60. The minimum absolute atomic E-state index is 0.0433. The van der Waals surface area contributed by atoms with Gasteiger partial charge >= 0.3 is 0 Å². The number of carbonyl (C=O) groups excluding carboxylic acids is 1. The quantitative estimate of drug-likeness (QED) is 0.780. The molecule has 2 aromatic rings. The van der Waals surface area contributed by atoms with Gasteiger partial charge in [0.05, 0.1) is 19.6 Å². The van der Waals surface area contributed by atoms with Crippen LogP contribution in [0.1, 0.15) is 63.0 Å². The van der Waals surface area contributed by atoms with E-state index in [9.17, 15) is 4.79 Å². The fourth-order valence-corrected chi connectivity index (χ4v) is 7.98. The number of rotatable bonds is 5. The van der Waals surface area contributed by atoms with Crippen molar-refractivity contribution in [2.75, 3.05) is 19.6 Å². The van der Waals surface area contributed by atoms with E-state index in [1.54, 1.807) is 4.90 Å². The molecule has 30 heavy (non-hydrogen) atoms. The molecule has 3 heteroatoms. The minimum atomic E-state index is -0.0433. The lowest BCUT2D eigenvalue weighted by atomic mass is 9.49. The van der Waals surface area contributed by atoms with Crippen LogP contribution in [0.2, 0.25) is 0 Å². The molecule has 0 unspecified atom stereocenters. The summed E-state index contributed by atoms with van der Waals surface area (Å²) in [6, 6.07) is 15.8. The molecule has 7 rings (SSSR count). The minimum Gasteiger partial charge on any atom is -0.349 e. The number of carbonyl (C=O) groups is 1. The average Bonchev–Trinajstić information content (AvgIpc) is 3.27. The molecule has 2 aromatic carbocycles. The first kappa shape index (κ1) is 18.9. The third-order valence-electron chi connectivity index (χ3n) is 8.92. The van der Waals surface area contributed by atoms with Crippen molar-refractivity contribution >= 4 is 16.7 Å². The van der Waals surface area contributed by atoms with Crippen molar-refractivity contribution in [2.45, 2.75) is 57.4 Å². The van der Waals surface area contributed by atoms with Gasteiger partial charge in [0.2, 0.25) is 5.91 Å². The standard InChI is InChI=1S/C27H34N2O/c30-26(27-15-19-12-20(16-27)14-21(13-19)17-27)28-18-25(29-10-3-4-11-29)24-9-5-7-22-6-1-2-8-23(22)24/h1-2,5-9,19-21,25H,3-4,10-18H2,(H,28,30)/p+1/t19?,20?,21?,25-,27?/m1/s1. The van der Waals surface area contributed by atoms with Gasteiger partial charge in [0.15, 0.2) is 0 Å². The fraction of sp³-hybridized carbons (Fsp3) is 0.593. The van der Waals surface area contributed by atoms with Gasteiger partial charge in [-0.05, 0) is 67.1 Å². The first-order valence-electron chi connectivity index (χ1n) is 12.3. The Balaban J connectivity index is 1.26. The Hall–Kier alpha value is -1.87. The van der Waals surface area contributed by atoms with Crippen molar-refractivity contribution in [3.8, 4) is 0 Å². The number of quaternary nitrogens is 1. The van der Waals surface area contributed by atoms with Crippen molar-refractivity contribution in [1.29, 1.82) is 0 Å². The second-order valence-electron chi connectivity index (χ2n) is 10.9. The van der Waals surface area contributed by atoms with E-state index >= 15 is 0 Å². The molecule has 5 aliphatic rings. The molecule has 0 spiro atoms. The predicted octanol–water partition coefficient (Wildman–Crippen LogP) is 3.89. The molecule has 1 amide bonds. The van der Waals surface area contributed by atoms with E-state index in [1.165, 1.54) is 61.5 Å². The molecule has 1 atom stereocenters. The molecule has 1 heterocycles. The monoisotopic (exact) mass is 403 g/mol. The smallest absolute Gasteiger partial charge is 0.226 e. The maximum atomic E-state index is 13.6. The molecular formula is C27H35N2O+. The summed E-state index contributed by atoms with van der Waals surface area (Å²) in [4.78, 5) is 15.2. The summed E-state index contributed by atoms with van der Waals surface area (Å²) in [5.41, 5.74) is 1.37. The molecule has 1 aliphatic heterocycles. The molecule has 0 aromatic heterocycles. The Morgan fingerprint density at radius 1 is 0.933 bits per heavy atom. The summed E-state index contributed by atoms with van der Waals surface area (Å²) in [6.45, 7) is 3.23. The zero-order chi connectivity index (χ0) is 20.1. The lowest BCUT2D eigenvalue weighted by Crippen LogP contribution is -3.11. The van der Waals surface area contributed by atoms with Crippen molar-refractivity contribution in [3.05, 3.63) is 48.0 Å². The van der Waals surface area contributed by atoms with Crippen LogP contribution in [0.3, 0.4) is 0 Å². The van der Waals surface area contributed by atoms with Gasteiger partial charge in [-0.25, -0.2) is 0 Å². The van der Waals surface area contributed by atoms with Crippen LogP contribution in [0.15, 0.2) is 42.5 Å². The summed E-state index contributed by atoms with van der Waals surface area (Å²) >= 11 is 0. The van der Waals surface area contributed by atoms with Gasteiger partial charge < -0.3 is 10.2 Å². The van der Waals surface area contributed by atoms with E-state index in [-0.39, 0.29) is 5.41 Å². The summed E-state index contributed by atoms with van der Waals surface area (Å²) in [5, 5.41) is 6.19. The normalized spacial score (nSPS) is 33.8. The fourth-order valence-electron chi connectivity index (χ4n) is 7.98. The van der Waals surface area contributed by atoms with Gasteiger partial charge in [-0.2, -0.15) is 0 Å². The molecular weight excluding hydrogens is 368 g/mol. The third-order valence-corrected chi connectivity index (χ3v) is 8.92. The van der Waals surface area contributed by atoms with Gasteiger partial charge in [-0.1, -0.05) is 42.5 Å². The number of hydrogen-bond donors (Lipinski definition) is 2. The van der Waals surface area contributed by atoms with Crippen molar-refractivity contribution in [2.24, 2.45) is 23.2 Å². The summed E-state index contributed by atoms with van der Waals surface area (Å²) in [5.74, 6) is 2.84. The van der Waals surface area contributed by atoms with Crippen molar-refractivity contribution in [1.82, 2.24) is 5.32 Å². The molecule has 158 valence electrons. The molecule has 0 radical (unpaired) electrons. The summed E-state index contributed by atoms with van der Waals surface area (Å²) in [7, 11) is 0. The Morgan fingerprint density at radius 2 is 1.57 bits per heavy atom. The number of benzene rings is 2. The number of amides is 1. The highest BCUT2D eigenvalue weighted by Gasteiger charge is 2.54. The number of nitrogens with one attached hydrogen (secondary N) is 2. The Labute approximate surface area is 180 Å². The van der Waals surface area contributed by atoms with Crippen LogP contribution in [0.4, 0.5) is 0 Å². The second-order valence-corrected chi connectivity index (χ2v) is 10.9. The number of hydrogen-bond acceptors (Lipinski definition) is 1. The highest BCUT2D eigenvalue weighted by atomic mass is 16.2. The lowest BCUT2D eigenvalue weighted by Gasteiger charge is -2.55. The topological polar surface area (TPSA) is 33.5 Å². The predicted molar refractivity (Wildman–Crippen MR) is 120 cm³/mol. The van der Waals surface area contributed by atoms with Crippen molar-refractivity contribution in [3.63, 3.8) is 0 Å². The van der Waals surface area contributed by atoms with E-state index in [2.05, 4.69) is 47.8 Å². The van der Waals surface area contributed by atoms with Gasteiger partial charge in [0, 0.05) is 23.8 Å². The largest absolute Gasteiger partial charge is 0.349 e. The third kappa shape index (κ3) is 3.17. The Bertz CT molecular complexity index is 904. The maximum Gasteiger partial charge on any atom is 0.226 e. The number of fused-ring (bicyclic) bond motifs is 1. The molecule has 5 fully saturated rings. The SMILES string of the molecule is O=C(NC[C@H](c1cccc2ccccc12)[NH+]1CCCC1)C12CC3CC(CC(C3)C1)C2. The van der Waals surface area contributed by atoms with E-state index < -0.39 is 0 Å². The first-order valence-corrected chi connectivity index (χ1v) is 12.3. The van der Waals surface area contributed by atoms with E-state index in [1.807, 2.05) is 0 Å². The van der Waals surface area contributed by atoms with Crippen LogP contribution in [0, 0.1) is 23.2 Å². The molecule has 4 aliphatic carbocycles. The average molecular weight is 404 g/mol. The zero-order valence-corrected chi connectivity index (χ0v) is 18.0. The summed E-state index contributed by atoms with van der Waals surface area (Å²) in [6.07, 6.45) is 10.2. The first-order chi connectivity index (χ1) is 14.7. The van der Waals surface area contributed by atoms with E-state index in [0.29, 0.717) is 11.9 Å².